The van der Waals surface area contributed by atoms with Crippen LogP contribution in [0.15, 0.2) is 4.52 Å². The molecule has 1 aromatic heterocycles. The SMILES string of the molecule is Cc1nc(CN2CCC[C@H](N[C@@H](C)CC#N)C2)no1. The lowest BCUT2D eigenvalue weighted by Crippen LogP contribution is -2.48. The molecule has 1 fully saturated rings. The Kier molecular flexibility index (Phi) is 4.88. The number of nitrogens with one attached hydrogen (secondary N) is 1. The lowest BCUT2D eigenvalue weighted by atomic mass is 10.0. The fraction of sp³-hybridized carbons (Fsp3) is 0.769. The van der Waals surface area contributed by atoms with Gasteiger partial charge in [0.2, 0.25) is 5.89 Å². The summed E-state index contributed by atoms with van der Waals surface area (Å²) >= 11 is 0. The van der Waals surface area contributed by atoms with E-state index in [4.69, 9.17) is 9.78 Å². The Morgan fingerprint density at radius 3 is 3.16 bits per heavy atom. The zero-order valence-corrected chi connectivity index (χ0v) is 11.6. The van der Waals surface area contributed by atoms with Crippen molar-refractivity contribution in [2.45, 2.75) is 51.7 Å². The molecule has 0 unspecified atom stereocenters. The summed E-state index contributed by atoms with van der Waals surface area (Å²) in [6.07, 6.45) is 2.88. The van der Waals surface area contributed by atoms with Crippen molar-refractivity contribution in [2.75, 3.05) is 13.1 Å². The van der Waals surface area contributed by atoms with Gasteiger partial charge >= 0.3 is 0 Å². The maximum absolute atomic E-state index is 8.69. The minimum atomic E-state index is 0.252. The van der Waals surface area contributed by atoms with Crippen molar-refractivity contribution in [3.05, 3.63) is 11.7 Å². The average Bonchev–Trinajstić information content (AvgIpc) is 2.75. The van der Waals surface area contributed by atoms with E-state index in [0.29, 0.717) is 18.4 Å². The quantitative estimate of drug-likeness (QED) is 0.861. The molecule has 0 aliphatic carbocycles. The second-order valence-electron chi connectivity index (χ2n) is 5.23. The highest BCUT2D eigenvalue weighted by Crippen LogP contribution is 2.13. The zero-order valence-electron chi connectivity index (χ0n) is 11.6. The fourth-order valence-electron chi connectivity index (χ4n) is 2.54. The molecular weight excluding hydrogens is 242 g/mol. The summed E-state index contributed by atoms with van der Waals surface area (Å²) in [7, 11) is 0. The molecule has 1 saturated heterocycles. The number of hydrogen-bond acceptors (Lipinski definition) is 6. The molecule has 1 N–H and O–H groups in total. The van der Waals surface area contributed by atoms with Crippen LogP contribution in [0.3, 0.4) is 0 Å². The van der Waals surface area contributed by atoms with Gasteiger partial charge in [0, 0.05) is 25.6 Å². The van der Waals surface area contributed by atoms with Crippen molar-refractivity contribution in [1.29, 1.82) is 5.26 Å². The van der Waals surface area contributed by atoms with Crippen molar-refractivity contribution in [3.8, 4) is 6.07 Å². The Morgan fingerprint density at radius 2 is 2.47 bits per heavy atom. The zero-order chi connectivity index (χ0) is 13.7. The molecular formula is C13H21N5O. The average molecular weight is 263 g/mol. The highest BCUT2D eigenvalue weighted by Gasteiger charge is 2.22. The number of hydrogen-bond donors (Lipinski definition) is 1. The molecule has 1 aromatic rings. The number of likely N-dealkylation sites (tertiary alicyclic amines) is 1. The molecule has 6 heteroatoms. The van der Waals surface area contributed by atoms with Crippen LogP contribution in [0.4, 0.5) is 0 Å². The molecule has 2 atom stereocenters. The second-order valence-corrected chi connectivity index (χ2v) is 5.23. The third kappa shape index (κ3) is 4.30. The molecule has 1 aliphatic heterocycles. The van der Waals surface area contributed by atoms with E-state index in [1.807, 2.05) is 0 Å². The van der Waals surface area contributed by atoms with Gasteiger partial charge in [-0.1, -0.05) is 5.16 Å². The number of piperidine rings is 1. The minimum Gasteiger partial charge on any atom is -0.340 e. The van der Waals surface area contributed by atoms with Crippen molar-refractivity contribution in [1.82, 2.24) is 20.4 Å². The van der Waals surface area contributed by atoms with E-state index in [9.17, 15) is 0 Å². The Balaban J connectivity index is 1.82. The van der Waals surface area contributed by atoms with E-state index in [2.05, 4.69) is 33.4 Å². The Bertz CT molecular complexity index is 438. The van der Waals surface area contributed by atoms with Gasteiger partial charge in [-0.15, -0.1) is 0 Å². The minimum absolute atomic E-state index is 0.252. The van der Waals surface area contributed by atoms with E-state index in [1.54, 1.807) is 6.92 Å². The number of nitriles is 1. The number of aromatic nitrogens is 2. The van der Waals surface area contributed by atoms with Gasteiger partial charge in [-0.05, 0) is 26.3 Å². The Labute approximate surface area is 113 Å². The third-order valence-electron chi connectivity index (χ3n) is 3.36. The summed E-state index contributed by atoms with van der Waals surface area (Å²) in [5.41, 5.74) is 0. The van der Waals surface area contributed by atoms with Gasteiger partial charge in [-0.3, -0.25) is 4.90 Å². The summed E-state index contributed by atoms with van der Waals surface area (Å²) in [5, 5.41) is 16.1. The van der Waals surface area contributed by atoms with Crippen LogP contribution in [0, 0.1) is 18.3 Å². The van der Waals surface area contributed by atoms with Crippen molar-refractivity contribution in [2.24, 2.45) is 0 Å². The van der Waals surface area contributed by atoms with Gasteiger partial charge in [0.15, 0.2) is 5.82 Å². The predicted octanol–water partition coefficient (Wildman–Crippen LogP) is 1.23. The predicted molar refractivity (Wildman–Crippen MR) is 70.2 cm³/mol. The molecule has 0 spiro atoms. The van der Waals surface area contributed by atoms with E-state index in [1.165, 1.54) is 0 Å². The molecule has 19 heavy (non-hydrogen) atoms. The number of aryl methyl sites for hydroxylation is 1. The summed E-state index contributed by atoms with van der Waals surface area (Å²) in [5.74, 6) is 1.37. The topological polar surface area (TPSA) is 78.0 Å². The molecule has 0 radical (unpaired) electrons. The lowest BCUT2D eigenvalue weighted by molar-refractivity contribution is 0.172. The van der Waals surface area contributed by atoms with E-state index in [-0.39, 0.29) is 6.04 Å². The first-order valence-electron chi connectivity index (χ1n) is 6.82. The van der Waals surface area contributed by atoms with E-state index < -0.39 is 0 Å². The summed E-state index contributed by atoms with van der Waals surface area (Å²) in [4.78, 5) is 6.58. The van der Waals surface area contributed by atoms with Gasteiger partial charge < -0.3 is 9.84 Å². The van der Waals surface area contributed by atoms with Crippen LogP contribution in [-0.4, -0.2) is 40.2 Å². The van der Waals surface area contributed by atoms with Gasteiger partial charge in [-0.2, -0.15) is 10.2 Å². The molecule has 2 heterocycles. The first-order valence-corrected chi connectivity index (χ1v) is 6.82. The van der Waals surface area contributed by atoms with Crippen LogP contribution < -0.4 is 5.32 Å². The molecule has 2 rings (SSSR count). The van der Waals surface area contributed by atoms with E-state index in [0.717, 1.165) is 38.3 Å². The summed E-state index contributed by atoms with van der Waals surface area (Å²) in [6, 6.07) is 2.90. The maximum atomic E-state index is 8.69. The van der Waals surface area contributed by atoms with Crippen LogP contribution in [0.2, 0.25) is 0 Å². The van der Waals surface area contributed by atoms with Gasteiger partial charge in [0.25, 0.3) is 0 Å². The Morgan fingerprint density at radius 1 is 1.63 bits per heavy atom. The van der Waals surface area contributed by atoms with Gasteiger partial charge in [0.1, 0.15) is 0 Å². The fourth-order valence-corrected chi connectivity index (χ4v) is 2.54. The summed E-state index contributed by atoms with van der Waals surface area (Å²) in [6.45, 7) is 6.65. The van der Waals surface area contributed by atoms with Gasteiger partial charge in [-0.25, -0.2) is 0 Å². The van der Waals surface area contributed by atoms with Crippen molar-refractivity contribution >= 4 is 0 Å². The maximum Gasteiger partial charge on any atom is 0.223 e. The first-order chi connectivity index (χ1) is 9.17. The monoisotopic (exact) mass is 263 g/mol. The van der Waals surface area contributed by atoms with Crippen LogP contribution in [0.25, 0.3) is 0 Å². The first kappa shape index (κ1) is 14.0. The molecule has 0 bridgehead atoms. The van der Waals surface area contributed by atoms with Gasteiger partial charge in [0.05, 0.1) is 19.0 Å². The van der Waals surface area contributed by atoms with Crippen LogP contribution in [0.1, 0.15) is 37.9 Å². The molecule has 6 nitrogen and oxygen atoms in total. The summed E-state index contributed by atoms with van der Waals surface area (Å²) < 4.78 is 4.99. The number of rotatable bonds is 5. The number of nitrogens with zero attached hydrogens (tertiary/aromatic N) is 4. The highest BCUT2D eigenvalue weighted by molar-refractivity contribution is 4.88. The molecule has 0 aromatic carbocycles. The van der Waals surface area contributed by atoms with Crippen molar-refractivity contribution in [3.63, 3.8) is 0 Å². The van der Waals surface area contributed by atoms with Crippen LogP contribution in [0.5, 0.6) is 0 Å². The van der Waals surface area contributed by atoms with E-state index >= 15 is 0 Å². The molecule has 104 valence electrons. The molecule has 1 aliphatic rings. The molecule has 0 amide bonds. The van der Waals surface area contributed by atoms with Crippen LogP contribution >= 0.6 is 0 Å². The standard InChI is InChI=1S/C13H21N5O/c1-10(5-6-14)15-12-4-3-7-18(8-12)9-13-16-11(2)19-17-13/h10,12,15H,3-5,7-9H2,1-2H3/t10-,12-/m0/s1. The molecule has 0 saturated carbocycles. The highest BCUT2D eigenvalue weighted by atomic mass is 16.5. The largest absolute Gasteiger partial charge is 0.340 e. The Hall–Kier alpha value is -1.45. The smallest absolute Gasteiger partial charge is 0.223 e. The van der Waals surface area contributed by atoms with Crippen molar-refractivity contribution < 1.29 is 4.52 Å². The van der Waals surface area contributed by atoms with Crippen LogP contribution in [-0.2, 0) is 6.54 Å². The third-order valence-corrected chi connectivity index (χ3v) is 3.36. The lowest BCUT2D eigenvalue weighted by Gasteiger charge is -2.33. The normalized spacial score (nSPS) is 22.1. The second kappa shape index (κ2) is 6.64.